The zero-order valence-electron chi connectivity index (χ0n) is 16.1. The third-order valence-electron chi connectivity index (χ3n) is 4.71. The molecule has 1 saturated heterocycles. The van der Waals surface area contributed by atoms with Crippen LogP contribution in [-0.2, 0) is 10.0 Å². The minimum Gasteiger partial charge on any atom is -0.494 e. The fourth-order valence-electron chi connectivity index (χ4n) is 3.09. The molecule has 7 nitrogen and oxygen atoms in total. The number of nitrogens with zero attached hydrogens (tertiary/aromatic N) is 1. The van der Waals surface area contributed by atoms with Gasteiger partial charge in [-0.25, -0.2) is 8.42 Å². The van der Waals surface area contributed by atoms with Crippen LogP contribution in [0.5, 0.6) is 5.75 Å². The van der Waals surface area contributed by atoms with E-state index in [9.17, 15) is 13.2 Å². The molecule has 3 rings (SSSR count). The molecule has 0 unspecified atom stereocenters. The first kappa shape index (κ1) is 20.2. The van der Waals surface area contributed by atoms with Gasteiger partial charge in [-0.2, -0.15) is 0 Å². The predicted octanol–water partition coefficient (Wildman–Crippen LogP) is 0.857. The molecule has 0 saturated carbocycles. The van der Waals surface area contributed by atoms with Gasteiger partial charge in [0.05, 0.1) is 44.7 Å². The number of piperazine rings is 1. The van der Waals surface area contributed by atoms with Crippen LogP contribution in [0.15, 0.2) is 53.4 Å². The molecule has 2 aromatic rings. The lowest BCUT2D eigenvalue weighted by Crippen LogP contribution is -3.12. The second-order valence-corrected chi connectivity index (χ2v) is 8.52. The maximum absolute atomic E-state index is 12.7. The maximum atomic E-state index is 12.7. The van der Waals surface area contributed by atoms with Gasteiger partial charge in [0, 0.05) is 11.3 Å². The number of nitrogens with one attached hydrogen (secondary N) is 2. The Morgan fingerprint density at radius 1 is 1.14 bits per heavy atom. The molecule has 2 N–H and O–H groups in total. The van der Waals surface area contributed by atoms with Crippen molar-refractivity contribution in [2.24, 2.45) is 0 Å². The van der Waals surface area contributed by atoms with Gasteiger partial charge in [0.1, 0.15) is 5.75 Å². The number of amides is 1. The predicted molar refractivity (Wildman–Crippen MR) is 107 cm³/mol. The molecule has 0 aliphatic carbocycles. The van der Waals surface area contributed by atoms with Crippen LogP contribution in [0, 0.1) is 0 Å². The summed E-state index contributed by atoms with van der Waals surface area (Å²) in [6, 6.07) is 12.8. The average Bonchev–Trinajstić information content (AvgIpc) is 2.68. The van der Waals surface area contributed by atoms with E-state index < -0.39 is 10.0 Å². The van der Waals surface area contributed by atoms with Crippen molar-refractivity contribution in [3.8, 4) is 5.75 Å². The molecular formula is C20H26N3O4S+. The lowest BCUT2D eigenvalue weighted by Gasteiger charge is -2.30. The molecule has 0 radical (unpaired) electrons. The Morgan fingerprint density at radius 2 is 1.82 bits per heavy atom. The molecule has 2 aromatic carbocycles. The second-order valence-electron chi connectivity index (χ2n) is 6.84. The van der Waals surface area contributed by atoms with Gasteiger partial charge in [0.2, 0.25) is 0 Å². The molecule has 8 heteroatoms. The summed E-state index contributed by atoms with van der Waals surface area (Å²) in [6.45, 7) is 5.61. The van der Waals surface area contributed by atoms with Crippen molar-refractivity contribution < 1.29 is 22.8 Å². The monoisotopic (exact) mass is 404 g/mol. The molecule has 0 spiro atoms. The fraction of sp³-hybridized carbons (Fsp3) is 0.350. The maximum Gasteiger partial charge on any atom is 0.261 e. The first-order chi connectivity index (χ1) is 13.4. The normalized spacial score (nSPS) is 15.3. The minimum absolute atomic E-state index is 0.0744. The Morgan fingerprint density at radius 3 is 2.46 bits per heavy atom. The van der Waals surface area contributed by atoms with E-state index in [1.807, 2.05) is 11.8 Å². The highest BCUT2D eigenvalue weighted by Gasteiger charge is 2.23. The molecule has 1 amide bonds. The van der Waals surface area contributed by atoms with Crippen LogP contribution in [-0.4, -0.2) is 59.1 Å². The van der Waals surface area contributed by atoms with Gasteiger partial charge in [-0.1, -0.05) is 6.07 Å². The Balaban J connectivity index is 1.73. The van der Waals surface area contributed by atoms with Crippen LogP contribution in [0.2, 0.25) is 0 Å². The molecule has 150 valence electrons. The lowest BCUT2D eigenvalue weighted by molar-refractivity contribution is -0.883. The van der Waals surface area contributed by atoms with Crippen LogP contribution in [0.4, 0.5) is 5.69 Å². The van der Waals surface area contributed by atoms with E-state index in [-0.39, 0.29) is 10.8 Å². The summed E-state index contributed by atoms with van der Waals surface area (Å²) < 4.78 is 33.2. The number of likely N-dealkylation sites (N-methyl/N-ethyl adjacent to an activating group) is 1. The number of anilines is 1. The van der Waals surface area contributed by atoms with Crippen LogP contribution in [0.1, 0.15) is 17.3 Å². The van der Waals surface area contributed by atoms with Gasteiger partial charge < -0.3 is 14.5 Å². The number of sulfonamides is 1. The summed E-state index contributed by atoms with van der Waals surface area (Å²) in [6.07, 6.45) is 0. The van der Waals surface area contributed by atoms with Crippen LogP contribution in [0.25, 0.3) is 0 Å². The average molecular weight is 405 g/mol. The van der Waals surface area contributed by atoms with E-state index >= 15 is 0 Å². The van der Waals surface area contributed by atoms with Gasteiger partial charge in [-0.15, -0.1) is 0 Å². The van der Waals surface area contributed by atoms with Gasteiger partial charge in [0.15, 0.2) is 0 Å². The fourth-order valence-corrected chi connectivity index (χ4v) is 4.14. The van der Waals surface area contributed by atoms with E-state index in [1.165, 1.54) is 17.0 Å². The molecule has 0 atom stereocenters. The van der Waals surface area contributed by atoms with E-state index in [0.717, 1.165) is 13.1 Å². The molecule has 1 aliphatic heterocycles. The van der Waals surface area contributed by atoms with Gasteiger partial charge in [-0.05, 0) is 49.4 Å². The number of hydrogen-bond acceptors (Lipinski definition) is 4. The van der Waals surface area contributed by atoms with Crippen molar-refractivity contribution >= 4 is 21.6 Å². The number of carbonyl (C=O) groups is 1. The first-order valence-corrected chi connectivity index (χ1v) is 10.8. The molecule has 1 fully saturated rings. The summed E-state index contributed by atoms with van der Waals surface area (Å²) in [5.41, 5.74) is 0.839. The number of ether oxygens (including phenoxy) is 1. The number of carbonyl (C=O) groups excluding carboxylic acids is 1. The van der Waals surface area contributed by atoms with Gasteiger partial charge in [0.25, 0.3) is 15.9 Å². The third kappa shape index (κ3) is 4.82. The van der Waals surface area contributed by atoms with Crippen LogP contribution in [0.3, 0.4) is 0 Å². The summed E-state index contributed by atoms with van der Waals surface area (Å²) in [4.78, 5) is 16.1. The molecule has 1 heterocycles. The SMILES string of the molecule is CCOc1ccc(S(=O)(=O)Nc2cccc(C(=O)N3CC[NH+](C)CC3)c2)cc1. The van der Waals surface area contributed by atoms with Crippen molar-refractivity contribution in [2.75, 3.05) is 44.6 Å². The molecule has 0 bridgehead atoms. The van der Waals surface area contributed by atoms with E-state index in [4.69, 9.17) is 4.74 Å². The van der Waals surface area contributed by atoms with Crippen molar-refractivity contribution in [1.82, 2.24) is 4.90 Å². The Labute approximate surface area is 166 Å². The second kappa shape index (κ2) is 8.62. The highest BCUT2D eigenvalue weighted by Crippen LogP contribution is 2.20. The number of hydrogen-bond donors (Lipinski definition) is 2. The molecular weight excluding hydrogens is 378 g/mol. The quantitative estimate of drug-likeness (QED) is 0.748. The van der Waals surface area contributed by atoms with Crippen molar-refractivity contribution in [2.45, 2.75) is 11.8 Å². The summed E-state index contributed by atoms with van der Waals surface area (Å²) >= 11 is 0. The van der Waals surface area contributed by atoms with Crippen molar-refractivity contribution in [3.63, 3.8) is 0 Å². The molecule has 28 heavy (non-hydrogen) atoms. The largest absolute Gasteiger partial charge is 0.494 e. The molecule has 1 aliphatic rings. The Hall–Kier alpha value is -2.58. The third-order valence-corrected chi connectivity index (χ3v) is 6.11. The topological polar surface area (TPSA) is 80.1 Å². The van der Waals surface area contributed by atoms with E-state index in [1.54, 1.807) is 36.4 Å². The summed E-state index contributed by atoms with van der Waals surface area (Å²) in [7, 11) is -1.64. The Bertz CT molecular complexity index is 921. The summed E-state index contributed by atoms with van der Waals surface area (Å²) in [5, 5.41) is 0. The minimum atomic E-state index is -3.75. The Kier molecular flexibility index (Phi) is 6.21. The van der Waals surface area contributed by atoms with Crippen molar-refractivity contribution in [1.29, 1.82) is 0 Å². The molecule has 0 aromatic heterocycles. The zero-order valence-corrected chi connectivity index (χ0v) is 17.0. The first-order valence-electron chi connectivity index (χ1n) is 9.35. The number of benzene rings is 2. The van der Waals surface area contributed by atoms with Gasteiger partial charge in [-0.3, -0.25) is 9.52 Å². The number of rotatable bonds is 6. The standard InChI is InChI=1S/C20H25N3O4S/c1-3-27-18-7-9-19(10-8-18)28(25,26)21-17-6-4-5-16(15-17)20(24)23-13-11-22(2)12-14-23/h4-10,15,21H,3,11-14H2,1-2H3/p+1. The highest BCUT2D eigenvalue weighted by molar-refractivity contribution is 7.92. The van der Waals surface area contributed by atoms with E-state index in [0.29, 0.717) is 36.7 Å². The highest BCUT2D eigenvalue weighted by atomic mass is 32.2. The lowest BCUT2D eigenvalue weighted by atomic mass is 10.1. The van der Waals surface area contributed by atoms with Crippen LogP contribution < -0.4 is 14.4 Å². The van der Waals surface area contributed by atoms with E-state index in [2.05, 4.69) is 11.8 Å². The smallest absolute Gasteiger partial charge is 0.261 e. The summed E-state index contributed by atoms with van der Waals surface area (Å²) in [5.74, 6) is 0.540. The number of quaternary nitrogens is 1. The van der Waals surface area contributed by atoms with Crippen LogP contribution >= 0.6 is 0 Å². The van der Waals surface area contributed by atoms with Crippen molar-refractivity contribution in [3.05, 3.63) is 54.1 Å². The van der Waals surface area contributed by atoms with Gasteiger partial charge >= 0.3 is 0 Å². The zero-order chi connectivity index (χ0) is 20.1.